The lowest BCUT2D eigenvalue weighted by Crippen LogP contribution is -2.48. The van der Waals surface area contributed by atoms with Gasteiger partial charge in [-0.25, -0.2) is 8.42 Å². The van der Waals surface area contributed by atoms with Gasteiger partial charge in [0.25, 0.3) is 0 Å². The van der Waals surface area contributed by atoms with Gasteiger partial charge >= 0.3 is 0 Å². The molecular formula is C20H27N3O2S. The standard InChI is InChI=1S/C20H27N3O2S/c1-16-5-6-17(2)20(15-16)26(24,25)23-13-11-22(12-14-23)19-9-7-18(8-10-19)21(3)4/h5-10,15H,11-14H2,1-4H3. The number of hydrogen-bond donors (Lipinski definition) is 0. The van der Waals surface area contributed by atoms with Gasteiger partial charge in [-0.05, 0) is 55.3 Å². The van der Waals surface area contributed by atoms with Crippen LogP contribution in [0.15, 0.2) is 47.4 Å². The third-order valence-electron chi connectivity index (χ3n) is 4.93. The molecule has 5 nitrogen and oxygen atoms in total. The quantitative estimate of drug-likeness (QED) is 0.827. The number of aryl methyl sites for hydroxylation is 2. The van der Waals surface area contributed by atoms with Crippen LogP contribution >= 0.6 is 0 Å². The largest absolute Gasteiger partial charge is 0.378 e. The molecule has 6 heteroatoms. The van der Waals surface area contributed by atoms with Crippen molar-refractivity contribution in [3.05, 3.63) is 53.6 Å². The second-order valence-corrected chi connectivity index (χ2v) is 8.98. The minimum Gasteiger partial charge on any atom is -0.378 e. The lowest BCUT2D eigenvalue weighted by atomic mass is 10.2. The topological polar surface area (TPSA) is 43.9 Å². The van der Waals surface area contributed by atoms with Crippen LogP contribution in [-0.4, -0.2) is 53.0 Å². The molecule has 0 aliphatic carbocycles. The Morgan fingerprint density at radius 1 is 0.885 bits per heavy atom. The van der Waals surface area contributed by atoms with E-state index in [9.17, 15) is 8.42 Å². The number of anilines is 2. The Balaban J connectivity index is 1.72. The van der Waals surface area contributed by atoms with Crippen LogP contribution in [0.3, 0.4) is 0 Å². The van der Waals surface area contributed by atoms with Crippen LogP contribution in [0.25, 0.3) is 0 Å². The molecular weight excluding hydrogens is 346 g/mol. The van der Waals surface area contributed by atoms with E-state index >= 15 is 0 Å². The normalized spacial score (nSPS) is 15.9. The molecule has 1 fully saturated rings. The highest BCUT2D eigenvalue weighted by Crippen LogP contribution is 2.25. The predicted octanol–water partition coefficient (Wildman–Crippen LogP) is 2.88. The van der Waals surface area contributed by atoms with Crippen molar-refractivity contribution in [2.45, 2.75) is 18.7 Å². The van der Waals surface area contributed by atoms with E-state index in [0.29, 0.717) is 31.1 Å². The maximum Gasteiger partial charge on any atom is 0.243 e. The molecule has 0 radical (unpaired) electrons. The number of sulfonamides is 1. The van der Waals surface area contributed by atoms with Gasteiger partial charge in [0.15, 0.2) is 0 Å². The maximum atomic E-state index is 13.0. The summed E-state index contributed by atoms with van der Waals surface area (Å²) >= 11 is 0. The highest BCUT2D eigenvalue weighted by molar-refractivity contribution is 7.89. The van der Waals surface area contributed by atoms with Crippen LogP contribution < -0.4 is 9.80 Å². The fourth-order valence-electron chi connectivity index (χ4n) is 3.27. The molecule has 0 N–H and O–H groups in total. The summed E-state index contributed by atoms with van der Waals surface area (Å²) in [6, 6.07) is 14.0. The van der Waals surface area contributed by atoms with E-state index in [1.165, 1.54) is 0 Å². The van der Waals surface area contributed by atoms with Crippen molar-refractivity contribution in [2.24, 2.45) is 0 Å². The minimum atomic E-state index is -3.44. The van der Waals surface area contributed by atoms with Gasteiger partial charge in [0.05, 0.1) is 4.90 Å². The number of benzene rings is 2. The maximum absolute atomic E-state index is 13.0. The molecule has 0 atom stereocenters. The highest BCUT2D eigenvalue weighted by Gasteiger charge is 2.29. The second kappa shape index (κ2) is 7.29. The Labute approximate surface area is 156 Å². The Hall–Kier alpha value is -2.05. The summed E-state index contributed by atoms with van der Waals surface area (Å²) in [7, 11) is 0.601. The molecule has 0 spiro atoms. The van der Waals surface area contributed by atoms with E-state index in [2.05, 4.69) is 34.1 Å². The van der Waals surface area contributed by atoms with Crippen molar-refractivity contribution < 1.29 is 8.42 Å². The van der Waals surface area contributed by atoms with E-state index in [1.54, 1.807) is 10.4 Å². The van der Waals surface area contributed by atoms with Crippen LogP contribution in [0.2, 0.25) is 0 Å². The highest BCUT2D eigenvalue weighted by atomic mass is 32.2. The summed E-state index contributed by atoms with van der Waals surface area (Å²) in [4.78, 5) is 4.74. The molecule has 0 bridgehead atoms. The molecule has 0 saturated carbocycles. The smallest absolute Gasteiger partial charge is 0.243 e. The Kier molecular flexibility index (Phi) is 5.25. The summed E-state index contributed by atoms with van der Waals surface area (Å²) in [5.41, 5.74) is 4.07. The average molecular weight is 374 g/mol. The Morgan fingerprint density at radius 3 is 2.08 bits per heavy atom. The lowest BCUT2D eigenvalue weighted by Gasteiger charge is -2.35. The van der Waals surface area contributed by atoms with Crippen molar-refractivity contribution >= 4 is 21.4 Å². The van der Waals surface area contributed by atoms with Gasteiger partial charge in [0.1, 0.15) is 0 Å². The van der Waals surface area contributed by atoms with Crippen LogP contribution in [0, 0.1) is 13.8 Å². The van der Waals surface area contributed by atoms with Crippen LogP contribution in [0.4, 0.5) is 11.4 Å². The van der Waals surface area contributed by atoms with Gasteiger partial charge in [0.2, 0.25) is 10.0 Å². The van der Waals surface area contributed by atoms with Gasteiger partial charge in [-0.3, -0.25) is 0 Å². The molecule has 0 aromatic heterocycles. The fraction of sp³-hybridized carbons (Fsp3) is 0.400. The molecule has 3 rings (SSSR count). The first-order valence-electron chi connectivity index (χ1n) is 8.89. The molecule has 1 saturated heterocycles. The van der Waals surface area contributed by atoms with E-state index < -0.39 is 10.0 Å². The molecule has 1 heterocycles. The van der Waals surface area contributed by atoms with E-state index in [0.717, 1.165) is 22.5 Å². The molecule has 0 unspecified atom stereocenters. The van der Waals surface area contributed by atoms with Crippen molar-refractivity contribution in [3.8, 4) is 0 Å². The third-order valence-corrected chi connectivity index (χ3v) is 6.97. The summed E-state index contributed by atoms with van der Waals surface area (Å²) in [5.74, 6) is 0. The van der Waals surface area contributed by atoms with Gasteiger partial charge < -0.3 is 9.80 Å². The predicted molar refractivity (Wildman–Crippen MR) is 108 cm³/mol. The second-order valence-electron chi connectivity index (χ2n) is 7.07. The molecule has 1 aliphatic rings. The average Bonchev–Trinajstić information content (AvgIpc) is 2.64. The first-order chi connectivity index (χ1) is 12.3. The molecule has 0 amide bonds. The number of hydrogen-bond acceptors (Lipinski definition) is 4. The lowest BCUT2D eigenvalue weighted by molar-refractivity contribution is 0.384. The fourth-order valence-corrected chi connectivity index (χ4v) is 5.00. The van der Waals surface area contributed by atoms with Gasteiger partial charge in [-0.15, -0.1) is 0 Å². The zero-order valence-electron chi connectivity index (χ0n) is 15.9. The molecule has 2 aromatic carbocycles. The van der Waals surface area contributed by atoms with Crippen LogP contribution in [0.1, 0.15) is 11.1 Å². The molecule has 1 aliphatic heterocycles. The SMILES string of the molecule is Cc1ccc(C)c(S(=O)(=O)N2CCN(c3ccc(N(C)C)cc3)CC2)c1. The Morgan fingerprint density at radius 2 is 1.50 bits per heavy atom. The zero-order chi connectivity index (χ0) is 18.9. The van der Waals surface area contributed by atoms with Gasteiger partial charge in [-0.1, -0.05) is 12.1 Å². The minimum absolute atomic E-state index is 0.432. The third kappa shape index (κ3) is 3.71. The summed E-state index contributed by atoms with van der Waals surface area (Å²) in [6.07, 6.45) is 0. The van der Waals surface area contributed by atoms with Gasteiger partial charge in [-0.2, -0.15) is 4.31 Å². The molecule has 140 valence electrons. The molecule has 2 aromatic rings. The number of rotatable bonds is 4. The van der Waals surface area contributed by atoms with Crippen molar-refractivity contribution in [1.29, 1.82) is 0 Å². The van der Waals surface area contributed by atoms with Crippen LogP contribution in [0.5, 0.6) is 0 Å². The summed E-state index contributed by atoms with van der Waals surface area (Å²) in [5, 5.41) is 0. The first-order valence-corrected chi connectivity index (χ1v) is 10.3. The van der Waals surface area contributed by atoms with E-state index in [4.69, 9.17) is 0 Å². The number of piperazine rings is 1. The first kappa shape index (κ1) is 18.7. The van der Waals surface area contributed by atoms with Crippen molar-refractivity contribution in [1.82, 2.24) is 4.31 Å². The summed E-state index contributed by atoms with van der Waals surface area (Å²) < 4.78 is 27.7. The zero-order valence-corrected chi connectivity index (χ0v) is 16.8. The molecule has 26 heavy (non-hydrogen) atoms. The Bertz CT molecular complexity index is 868. The van der Waals surface area contributed by atoms with E-state index in [1.807, 2.05) is 40.1 Å². The van der Waals surface area contributed by atoms with Crippen molar-refractivity contribution in [2.75, 3.05) is 50.1 Å². The van der Waals surface area contributed by atoms with Crippen LogP contribution in [-0.2, 0) is 10.0 Å². The number of nitrogens with zero attached hydrogens (tertiary/aromatic N) is 3. The monoisotopic (exact) mass is 373 g/mol. The summed E-state index contributed by atoms with van der Waals surface area (Å²) in [6.45, 7) is 6.19. The van der Waals surface area contributed by atoms with Gasteiger partial charge in [0, 0.05) is 51.6 Å². The van der Waals surface area contributed by atoms with Crippen molar-refractivity contribution in [3.63, 3.8) is 0 Å². The van der Waals surface area contributed by atoms with E-state index in [-0.39, 0.29) is 0 Å².